The van der Waals surface area contributed by atoms with Crippen LogP contribution >= 0.6 is 0 Å². The predicted molar refractivity (Wildman–Crippen MR) is 86.9 cm³/mol. The Hall–Kier alpha value is -0.0400. The van der Waals surface area contributed by atoms with Crippen molar-refractivity contribution in [2.24, 2.45) is 40.9 Å². The summed E-state index contributed by atoms with van der Waals surface area (Å²) in [6, 6.07) is 0. The lowest BCUT2D eigenvalue weighted by molar-refractivity contribution is -0.0773. The van der Waals surface area contributed by atoms with E-state index in [2.05, 4.69) is 13.8 Å². The average Bonchev–Trinajstić information content (AvgIpc) is 2.83. The van der Waals surface area contributed by atoms with Crippen molar-refractivity contribution in [2.45, 2.75) is 84.2 Å². The molecule has 4 aliphatic rings. The van der Waals surface area contributed by atoms with Gasteiger partial charge in [0.2, 0.25) is 0 Å². The molecule has 0 aliphatic heterocycles. The van der Waals surface area contributed by atoms with Crippen molar-refractivity contribution in [3.8, 4) is 0 Å². The molecule has 120 valence electrons. The zero-order chi connectivity index (χ0) is 14.6. The number of fused-ring (bicyclic) bond motifs is 5. The molecule has 4 rings (SSSR count). The zero-order valence-electron chi connectivity index (χ0n) is 14.1. The molecule has 0 aromatic carbocycles. The summed E-state index contributed by atoms with van der Waals surface area (Å²) in [5.41, 5.74) is 0.678. The molecule has 1 heteroatoms. The van der Waals surface area contributed by atoms with Gasteiger partial charge >= 0.3 is 0 Å². The molecular weight excluding hydrogens is 256 g/mol. The maximum atomic E-state index is 10.0. The van der Waals surface area contributed by atoms with E-state index >= 15 is 0 Å². The lowest BCUT2D eigenvalue weighted by atomic mass is 9.49. The molecule has 1 N–H and O–H groups in total. The van der Waals surface area contributed by atoms with Gasteiger partial charge in [0, 0.05) is 0 Å². The Morgan fingerprint density at radius 2 is 1.71 bits per heavy atom. The Kier molecular flexibility index (Phi) is 3.64. The van der Waals surface area contributed by atoms with Crippen molar-refractivity contribution in [3.05, 3.63) is 0 Å². The van der Waals surface area contributed by atoms with Crippen molar-refractivity contribution in [1.82, 2.24) is 0 Å². The van der Waals surface area contributed by atoms with Gasteiger partial charge in [0.15, 0.2) is 0 Å². The molecule has 7 unspecified atom stereocenters. The lowest BCUT2D eigenvalue weighted by Gasteiger charge is -2.56. The Morgan fingerprint density at radius 1 is 0.905 bits per heavy atom. The summed E-state index contributed by atoms with van der Waals surface area (Å²) >= 11 is 0. The van der Waals surface area contributed by atoms with Crippen LogP contribution in [0.2, 0.25) is 0 Å². The molecule has 0 radical (unpaired) electrons. The van der Waals surface area contributed by atoms with Gasteiger partial charge < -0.3 is 5.11 Å². The smallest absolute Gasteiger partial charge is 0.0543 e. The minimum atomic E-state index is 0.0209. The first-order valence-electron chi connectivity index (χ1n) is 9.81. The number of aliphatic hydroxyl groups excluding tert-OH is 1. The van der Waals surface area contributed by atoms with Gasteiger partial charge in [0.05, 0.1) is 6.10 Å². The highest BCUT2D eigenvalue weighted by atomic mass is 16.3. The molecule has 4 fully saturated rings. The maximum Gasteiger partial charge on any atom is 0.0543 e. The summed E-state index contributed by atoms with van der Waals surface area (Å²) in [5.74, 6) is 5.94. The van der Waals surface area contributed by atoms with E-state index in [9.17, 15) is 5.11 Å². The van der Waals surface area contributed by atoms with E-state index in [0.29, 0.717) is 5.41 Å². The van der Waals surface area contributed by atoms with E-state index in [-0.39, 0.29) is 6.10 Å². The second kappa shape index (κ2) is 5.25. The molecule has 0 heterocycles. The molecule has 8 atom stereocenters. The predicted octanol–water partition coefficient (Wildman–Crippen LogP) is 5.03. The summed E-state index contributed by atoms with van der Waals surface area (Å²) in [4.78, 5) is 0. The quantitative estimate of drug-likeness (QED) is 0.718. The van der Waals surface area contributed by atoms with Crippen molar-refractivity contribution >= 4 is 0 Å². The molecule has 0 saturated heterocycles. The Balaban J connectivity index is 1.55. The first-order chi connectivity index (χ1) is 10.1. The van der Waals surface area contributed by atoms with Crippen LogP contribution in [0.1, 0.15) is 78.1 Å². The molecular formula is C20H34O. The summed E-state index contributed by atoms with van der Waals surface area (Å²) in [5, 5.41) is 10.0. The van der Waals surface area contributed by atoms with Crippen LogP contribution in [0, 0.1) is 40.9 Å². The van der Waals surface area contributed by atoms with Crippen LogP contribution in [-0.2, 0) is 0 Å². The Labute approximate surface area is 130 Å². The molecule has 4 aliphatic carbocycles. The standard InChI is InChI=1S/C20H34O/c1-3-14-5-9-19-18-7-4-13-12-15(21)6-8-16(13)17(18)10-11-20(14,19)2/h13-19,21H,3-12H2,1-2H3/t13?,14?,15?,16?,17?,18?,19?,20-/m1/s1. The number of hydrogen-bond acceptors (Lipinski definition) is 1. The maximum absolute atomic E-state index is 10.0. The highest BCUT2D eigenvalue weighted by Crippen LogP contribution is 2.64. The van der Waals surface area contributed by atoms with Crippen LogP contribution in [-0.4, -0.2) is 11.2 Å². The zero-order valence-corrected chi connectivity index (χ0v) is 14.1. The molecule has 4 saturated carbocycles. The topological polar surface area (TPSA) is 20.2 Å². The van der Waals surface area contributed by atoms with Crippen molar-refractivity contribution in [3.63, 3.8) is 0 Å². The number of aliphatic hydroxyl groups is 1. The second-order valence-corrected chi connectivity index (χ2v) is 9.13. The summed E-state index contributed by atoms with van der Waals surface area (Å²) in [7, 11) is 0. The largest absolute Gasteiger partial charge is 0.393 e. The van der Waals surface area contributed by atoms with Gasteiger partial charge in [-0.1, -0.05) is 20.3 Å². The highest BCUT2D eigenvalue weighted by Gasteiger charge is 2.56. The van der Waals surface area contributed by atoms with Gasteiger partial charge in [-0.05, 0) is 98.7 Å². The van der Waals surface area contributed by atoms with Gasteiger partial charge in [0.1, 0.15) is 0 Å². The SMILES string of the molecule is CCC1CCC2C3CCC4CC(O)CCC4C3CC[C@]12C. The Morgan fingerprint density at radius 3 is 2.52 bits per heavy atom. The van der Waals surface area contributed by atoms with Crippen LogP contribution in [0.15, 0.2) is 0 Å². The second-order valence-electron chi connectivity index (χ2n) is 9.13. The van der Waals surface area contributed by atoms with E-state index in [1.54, 1.807) is 0 Å². The molecule has 0 amide bonds. The molecule has 21 heavy (non-hydrogen) atoms. The van der Waals surface area contributed by atoms with Crippen molar-refractivity contribution in [2.75, 3.05) is 0 Å². The van der Waals surface area contributed by atoms with Crippen LogP contribution in [0.3, 0.4) is 0 Å². The third-order valence-corrected chi connectivity index (χ3v) is 8.62. The van der Waals surface area contributed by atoms with Crippen molar-refractivity contribution < 1.29 is 5.11 Å². The summed E-state index contributed by atoms with van der Waals surface area (Å²) < 4.78 is 0. The summed E-state index contributed by atoms with van der Waals surface area (Å²) in [6.45, 7) is 5.07. The van der Waals surface area contributed by atoms with Crippen LogP contribution in [0.25, 0.3) is 0 Å². The fourth-order valence-electron chi connectivity index (χ4n) is 7.61. The van der Waals surface area contributed by atoms with Crippen LogP contribution < -0.4 is 0 Å². The minimum Gasteiger partial charge on any atom is -0.393 e. The number of rotatable bonds is 1. The highest BCUT2D eigenvalue weighted by molar-refractivity contribution is 5.05. The van der Waals surface area contributed by atoms with E-state index < -0.39 is 0 Å². The third-order valence-electron chi connectivity index (χ3n) is 8.62. The van der Waals surface area contributed by atoms with Gasteiger partial charge in [-0.3, -0.25) is 0 Å². The molecule has 0 bridgehead atoms. The molecule has 1 nitrogen and oxygen atoms in total. The monoisotopic (exact) mass is 290 g/mol. The third kappa shape index (κ3) is 2.13. The molecule has 0 aromatic heterocycles. The average molecular weight is 290 g/mol. The number of hydrogen-bond donors (Lipinski definition) is 1. The first kappa shape index (κ1) is 14.5. The first-order valence-corrected chi connectivity index (χ1v) is 9.81. The van der Waals surface area contributed by atoms with Gasteiger partial charge in [-0.15, -0.1) is 0 Å². The van der Waals surface area contributed by atoms with Gasteiger partial charge in [-0.25, -0.2) is 0 Å². The van der Waals surface area contributed by atoms with E-state index in [0.717, 1.165) is 48.3 Å². The fraction of sp³-hybridized carbons (Fsp3) is 1.00. The lowest BCUT2D eigenvalue weighted by Crippen LogP contribution is -2.48. The van der Waals surface area contributed by atoms with Crippen LogP contribution in [0.4, 0.5) is 0 Å². The van der Waals surface area contributed by atoms with Gasteiger partial charge in [-0.2, -0.15) is 0 Å². The summed E-state index contributed by atoms with van der Waals surface area (Å²) in [6.07, 6.45) is 13.9. The fourth-order valence-corrected chi connectivity index (χ4v) is 7.61. The normalized spacial score (nSPS) is 56.4. The minimum absolute atomic E-state index is 0.0209. The van der Waals surface area contributed by atoms with Crippen molar-refractivity contribution in [1.29, 1.82) is 0 Å². The van der Waals surface area contributed by atoms with E-state index in [1.807, 2.05) is 0 Å². The van der Waals surface area contributed by atoms with E-state index in [4.69, 9.17) is 0 Å². The molecule has 0 spiro atoms. The van der Waals surface area contributed by atoms with Gasteiger partial charge in [0.25, 0.3) is 0 Å². The molecule has 0 aromatic rings. The Bertz CT molecular complexity index is 391. The van der Waals surface area contributed by atoms with E-state index in [1.165, 1.54) is 51.4 Å². The van der Waals surface area contributed by atoms with Crippen LogP contribution in [0.5, 0.6) is 0 Å².